The summed E-state index contributed by atoms with van der Waals surface area (Å²) >= 11 is 6.15. The van der Waals surface area contributed by atoms with Crippen molar-refractivity contribution in [3.63, 3.8) is 0 Å². The molecule has 0 aliphatic carbocycles. The zero-order valence-corrected chi connectivity index (χ0v) is 21.4. The Labute approximate surface area is 210 Å². The Hall–Kier alpha value is -3.43. The van der Waals surface area contributed by atoms with Gasteiger partial charge in [-0.05, 0) is 67.9 Å². The van der Waals surface area contributed by atoms with Gasteiger partial charge in [0.15, 0.2) is 11.5 Å². The molecule has 0 heterocycles. The van der Waals surface area contributed by atoms with Gasteiger partial charge in [-0.1, -0.05) is 17.7 Å². The van der Waals surface area contributed by atoms with E-state index in [0.29, 0.717) is 34.5 Å². The van der Waals surface area contributed by atoms with Gasteiger partial charge >= 0.3 is 0 Å². The summed E-state index contributed by atoms with van der Waals surface area (Å²) in [5, 5.41) is 3.20. The van der Waals surface area contributed by atoms with Crippen LogP contribution >= 0.6 is 11.6 Å². The first-order valence-electron chi connectivity index (χ1n) is 10.7. The molecule has 35 heavy (non-hydrogen) atoms. The van der Waals surface area contributed by atoms with Gasteiger partial charge in [-0.15, -0.1) is 0 Å². The fourth-order valence-corrected chi connectivity index (χ4v) is 4.91. The summed E-state index contributed by atoms with van der Waals surface area (Å²) in [4.78, 5) is 12.9. The number of hydrogen-bond acceptors (Lipinski definition) is 6. The van der Waals surface area contributed by atoms with E-state index in [4.69, 9.17) is 25.8 Å². The highest BCUT2D eigenvalue weighted by atomic mass is 35.5. The molecule has 0 atom stereocenters. The SMILES string of the molecule is CCOc1ccc(N(CC(=O)Nc2ccc(C)c(Cl)c2)S(=O)(=O)c2ccc(OC)c(OC)c2)cc1. The number of aryl methyl sites for hydroxylation is 1. The van der Waals surface area contributed by atoms with E-state index in [9.17, 15) is 13.2 Å². The summed E-state index contributed by atoms with van der Waals surface area (Å²) in [6.07, 6.45) is 0. The van der Waals surface area contributed by atoms with E-state index in [2.05, 4.69) is 5.32 Å². The molecule has 1 N–H and O–H groups in total. The molecule has 0 aromatic heterocycles. The number of rotatable bonds is 10. The smallest absolute Gasteiger partial charge is 0.264 e. The van der Waals surface area contributed by atoms with Crippen LogP contribution in [0.2, 0.25) is 5.02 Å². The second-order valence-corrected chi connectivity index (χ2v) is 9.74. The number of anilines is 2. The average Bonchev–Trinajstić information content (AvgIpc) is 2.85. The second kappa shape index (κ2) is 11.3. The number of halogens is 1. The van der Waals surface area contributed by atoms with Crippen LogP contribution in [0.25, 0.3) is 0 Å². The van der Waals surface area contributed by atoms with Gasteiger partial charge in [0.1, 0.15) is 12.3 Å². The van der Waals surface area contributed by atoms with E-state index in [1.54, 1.807) is 42.5 Å². The predicted molar refractivity (Wildman–Crippen MR) is 137 cm³/mol. The number of carbonyl (C=O) groups is 1. The van der Waals surface area contributed by atoms with Gasteiger partial charge in [0, 0.05) is 16.8 Å². The molecule has 10 heteroatoms. The van der Waals surface area contributed by atoms with E-state index >= 15 is 0 Å². The van der Waals surface area contributed by atoms with Gasteiger partial charge in [0.25, 0.3) is 10.0 Å². The van der Waals surface area contributed by atoms with Crippen molar-refractivity contribution in [2.75, 3.05) is 37.0 Å². The number of nitrogens with zero attached hydrogens (tertiary/aromatic N) is 1. The van der Waals surface area contributed by atoms with Gasteiger partial charge in [0.2, 0.25) is 5.91 Å². The summed E-state index contributed by atoms with van der Waals surface area (Å²) in [7, 11) is -1.30. The van der Waals surface area contributed by atoms with E-state index in [1.165, 1.54) is 32.4 Å². The van der Waals surface area contributed by atoms with Crippen LogP contribution in [0.3, 0.4) is 0 Å². The number of nitrogens with one attached hydrogen (secondary N) is 1. The number of sulfonamides is 1. The number of hydrogen-bond donors (Lipinski definition) is 1. The van der Waals surface area contributed by atoms with Crippen molar-refractivity contribution in [1.82, 2.24) is 0 Å². The fraction of sp³-hybridized carbons (Fsp3) is 0.240. The first kappa shape index (κ1) is 26.2. The molecule has 0 bridgehead atoms. The molecule has 0 aliphatic rings. The second-order valence-electron chi connectivity index (χ2n) is 7.47. The minimum Gasteiger partial charge on any atom is -0.494 e. The molecule has 0 spiro atoms. The molecule has 3 aromatic rings. The highest BCUT2D eigenvalue weighted by molar-refractivity contribution is 7.92. The third-order valence-corrected chi connectivity index (χ3v) is 7.30. The van der Waals surface area contributed by atoms with Gasteiger partial charge in [-0.2, -0.15) is 0 Å². The zero-order chi connectivity index (χ0) is 25.6. The normalized spacial score (nSPS) is 11.0. The Balaban J connectivity index is 1.98. The molecule has 8 nitrogen and oxygen atoms in total. The lowest BCUT2D eigenvalue weighted by molar-refractivity contribution is -0.114. The summed E-state index contributed by atoms with van der Waals surface area (Å²) in [5.74, 6) is 0.674. The Morgan fingerprint density at radius 3 is 2.26 bits per heavy atom. The van der Waals surface area contributed by atoms with Crippen molar-refractivity contribution in [2.45, 2.75) is 18.7 Å². The Morgan fingerprint density at radius 2 is 1.66 bits per heavy atom. The number of benzene rings is 3. The van der Waals surface area contributed by atoms with Crippen molar-refractivity contribution in [2.24, 2.45) is 0 Å². The average molecular weight is 519 g/mol. The van der Waals surface area contributed by atoms with Crippen molar-refractivity contribution in [1.29, 1.82) is 0 Å². The molecule has 3 rings (SSSR count). The van der Waals surface area contributed by atoms with Crippen molar-refractivity contribution < 1.29 is 27.4 Å². The monoisotopic (exact) mass is 518 g/mol. The summed E-state index contributed by atoms with van der Waals surface area (Å²) in [6, 6.07) is 15.8. The Kier molecular flexibility index (Phi) is 8.48. The van der Waals surface area contributed by atoms with Crippen molar-refractivity contribution in [3.05, 3.63) is 71.2 Å². The van der Waals surface area contributed by atoms with Gasteiger partial charge < -0.3 is 19.5 Å². The van der Waals surface area contributed by atoms with Gasteiger partial charge in [-0.25, -0.2) is 8.42 Å². The maximum absolute atomic E-state index is 13.7. The molecular weight excluding hydrogens is 492 g/mol. The Morgan fingerprint density at radius 1 is 0.971 bits per heavy atom. The molecule has 3 aromatic carbocycles. The standard InChI is InChI=1S/C25H27ClN2O6S/c1-5-34-20-10-8-19(9-11-20)28(16-25(29)27-18-7-6-17(2)22(26)14-18)35(30,31)21-12-13-23(32-3)24(15-21)33-4/h6-15H,5,16H2,1-4H3,(H,27,29). The lowest BCUT2D eigenvalue weighted by Crippen LogP contribution is -2.38. The molecular formula is C25H27ClN2O6S. The maximum Gasteiger partial charge on any atom is 0.264 e. The zero-order valence-electron chi connectivity index (χ0n) is 19.9. The van der Waals surface area contributed by atoms with Crippen LogP contribution in [0.4, 0.5) is 11.4 Å². The van der Waals surface area contributed by atoms with Crippen LogP contribution in [-0.4, -0.2) is 41.7 Å². The first-order valence-corrected chi connectivity index (χ1v) is 12.5. The van der Waals surface area contributed by atoms with Gasteiger partial charge in [-0.3, -0.25) is 9.10 Å². The molecule has 1 amide bonds. The van der Waals surface area contributed by atoms with Gasteiger partial charge in [0.05, 0.1) is 31.4 Å². The first-order chi connectivity index (χ1) is 16.7. The summed E-state index contributed by atoms with van der Waals surface area (Å²) in [6.45, 7) is 3.69. The predicted octanol–water partition coefficient (Wildman–Crippen LogP) is 4.90. The molecule has 0 saturated carbocycles. The van der Waals surface area contributed by atoms with E-state index in [0.717, 1.165) is 9.87 Å². The number of methoxy groups -OCH3 is 2. The third kappa shape index (κ3) is 6.17. The Bertz CT molecular complexity index is 1300. The molecule has 0 aliphatic heterocycles. The lowest BCUT2D eigenvalue weighted by Gasteiger charge is -2.25. The topological polar surface area (TPSA) is 94.2 Å². The highest BCUT2D eigenvalue weighted by Crippen LogP contribution is 2.32. The lowest BCUT2D eigenvalue weighted by atomic mass is 10.2. The van der Waals surface area contributed by atoms with E-state index in [-0.39, 0.29) is 10.6 Å². The van der Waals surface area contributed by atoms with Crippen molar-refractivity contribution >= 4 is 38.9 Å². The largest absolute Gasteiger partial charge is 0.494 e. The van der Waals surface area contributed by atoms with E-state index in [1.807, 2.05) is 13.8 Å². The van der Waals surface area contributed by atoms with Crippen LogP contribution in [-0.2, 0) is 14.8 Å². The number of ether oxygens (including phenoxy) is 3. The molecule has 0 radical (unpaired) electrons. The minimum absolute atomic E-state index is 0.0600. The fourth-order valence-electron chi connectivity index (χ4n) is 3.30. The number of amides is 1. The molecule has 186 valence electrons. The van der Waals surface area contributed by atoms with Crippen molar-refractivity contribution in [3.8, 4) is 17.2 Å². The quantitative estimate of drug-likeness (QED) is 0.410. The third-order valence-electron chi connectivity index (χ3n) is 5.12. The molecule has 0 unspecified atom stereocenters. The highest BCUT2D eigenvalue weighted by Gasteiger charge is 2.28. The maximum atomic E-state index is 13.7. The minimum atomic E-state index is -4.17. The molecule has 0 fully saturated rings. The number of carbonyl (C=O) groups excluding carboxylic acids is 1. The summed E-state index contributed by atoms with van der Waals surface area (Å²) < 4.78 is 44.3. The van der Waals surface area contributed by atoms with Crippen LogP contribution in [0.15, 0.2) is 65.6 Å². The molecule has 0 saturated heterocycles. The van der Waals surface area contributed by atoms with Crippen LogP contribution in [0.5, 0.6) is 17.2 Å². The van der Waals surface area contributed by atoms with Crippen LogP contribution < -0.4 is 23.8 Å². The summed E-state index contributed by atoms with van der Waals surface area (Å²) in [5.41, 5.74) is 1.61. The van der Waals surface area contributed by atoms with Crippen LogP contribution in [0.1, 0.15) is 12.5 Å². The van der Waals surface area contributed by atoms with Crippen LogP contribution in [0, 0.1) is 6.92 Å². The van der Waals surface area contributed by atoms with E-state index < -0.39 is 22.5 Å².